The van der Waals surface area contributed by atoms with Gasteiger partial charge in [0.25, 0.3) is 5.91 Å². The lowest BCUT2D eigenvalue weighted by Crippen LogP contribution is -2.44. The molecule has 0 atom stereocenters. The quantitative estimate of drug-likeness (QED) is 0.791. The van der Waals surface area contributed by atoms with Crippen molar-refractivity contribution in [2.75, 3.05) is 0 Å². The maximum atomic E-state index is 12.8. The summed E-state index contributed by atoms with van der Waals surface area (Å²) in [6, 6.07) is 9.69. The maximum Gasteiger partial charge on any atom is 0.255 e. The lowest BCUT2D eigenvalue weighted by atomic mass is 9.96. The van der Waals surface area contributed by atoms with Crippen LogP contribution >= 0.6 is 0 Å². The van der Waals surface area contributed by atoms with Gasteiger partial charge in [-0.1, -0.05) is 36.2 Å². The molecule has 2 aromatic heterocycles. The van der Waals surface area contributed by atoms with Gasteiger partial charge in [-0.05, 0) is 25.0 Å². The van der Waals surface area contributed by atoms with Gasteiger partial charge in [-0.3, -0.25) is 4.79 Å². The number of carbonyl (C=O) groups is 1. The van der Waals surface area contributed by atoms with Crippen LogP contribution in [0.4, 0.5) is 0 Å². The molecule has 128 valence electrons. The molecular formula is C18H19N5O2. The van der Waals surface area contributed by atoms with Crippen LogP contribution in [0.1, 0.15) is 47.8 Å². The van der Waals surface area contributed by atoms with Gasteiger partial charge in [0.05, 0.1) is 17.4 Å². The molecule has 1 N–H and O–H groups in total. The Morgan fingerprint density at radius 2 is 2.00 bits per heavy atom. The van der Waals surface area contributed by atoms with Gasteiger partial charge in [0.2, 0.25) is 5.89 Å². The molecule has 2 heterocycles. The van der Waals surface area contributed by atoms with Crippen LogP contribution in [0.2, 0.25) is 0 Å². The largest absolute Gasteiger partial charge is 0.340 e. The summed E-state index contributed by atoms with van der Waals surface area (Å²) >= 11 is 0. The van der Waals surface area contributed by atoms with Crippen LogP contribution in [0.25, 0.3) is 5.69 Å². The molecule has 1 fully saturated rings. The number of nitrogens with one attached hydrogen (secondary N) is 1. The molecule has 7 heteroatoms. The highest BCUT2D eigenvalue weighted by Crippen LogP contribution is 2.37. The minimum Gasteiger partial charge on any atom is -0.340 e. The highest BCUT2D eigenvalue weighted by molar-refractivity contribution is 5.94. The first kappa shape index (κ1) is 15.6. The van der Waals surface area contributed by atoms with E-state index in [-0.39, 0.29) is 5.91 Å². The Labute approximate surface area is 145 Å². The molecule has 0 radical (unpaired) electrons. The van der Waals surface area contributed by atoms with E-state index in [0.29, 0.717) is 17.3 Å². The third kappa shape index (κ3) is 2.93. The van der Waals surface area contributed by atoms with E-state index in [1.807, 2.05) is 30.3 Å². The zero-order chi connectivity index (χ0) is 17.3. The predicted octanol–water partition coefficient (Wildman–Crippen LogP) is 2.76. The number of aromatic nitrogens is 4. The molecule has 1 aliphatic carbocycles. The van der Waals surface area contributed by atoms with Crippen molar-refractivity contribution in [2.24, 2.45) is 0 Å². The van der Waals surface area contributed by atoms with E-state index in [2.05, 4.69) is 20.6 Å². The van der Waals surface area contributed by atoms with Crippen molar-refractivity contribution in [3.8, 4) is 5.69 Å². The Kier molecular flexibility index (Phi) is 3.83. The second-order valence-electron chi connectivity index (χ2n) is 6.39. The van der Waals surface area contributed by atoms with Crippen molar-refractivity contribution in [2.45, 2.75) is 38.1 Å². The monoisotopic (exact) mass is 337 g/mol. The van der Waals surface area contributed by atoms with Crippen molar-refractivity contribution in [1.82, 2.24) is 25.2 Å². The predicted molar refractivity (Wildman–Crippen MR) is 90.2 cm³/mol. The van der Waals surface area contributed by atoms with E-state index >= 15 is 0 Å². The number of para-hydroxylation sites is 1. The molecule has 25 heavy (non-hydrogen) atoms. The molecule has 1 saturated carbocycles. The van der Waals surface area contributed by atoms with Gasteiger partial charge in [0, 0.05) is 13.1 Å². The molecular weight excluding hydrogens is 318 g/mol. The molecule has 1 aromatic carbocycles. The Morgan fingerprint density at radius 3 is 2.68 bits per heavy atom. The number of nitrogens with zero attached hydrogens (tertiary/aromatic N) is 4. The second kappa shape index (κ2) is 6.16. The number of carbonyl (C=O) groups excluding carboxylic acids is 1. The van der Waals surface area contributed by atoms with Gasteiger partial charge >= 0.3 is 0 Å². The highest BCUT2D eigenvalue weighted by Gasteiger charge is 2.41. The number of aryl methyl sites for hydroxylation is 1. The normalized spacial score (nSPS) is 16.0. The third-order valence-electron chi connectivity index (χ3n) is 4.63. The van der Waals surface area contributed by atoms with E-state index in [1.165, 1.54) is 0 Å². The van der Waals surface area contributed by atoms with E-state index in [0.717, 1.165) is 31.4 Å². The summed E-state index contributed by atoms with van der Waals surface area (Å²) in [6.07, 6.45) is 6.98. The molecule has 3 aromatic rings. The summed E-state index contributed by atoms with van der Waals surface area (Å²) in [5.41, 5.74) is 0.866. The summed E-state index contributed by atoms with van der Waals surface area (Å²) < 4.78 is 6.81. The lowest BCUT2D eigenvalue weighted by molar-refractivity contribution is 0.0892. The zero-order valence-electron chi connectivity index (χ0n) is 14.0. The van der Waals surface area contributed by atoms with E-state index in [4.69, 9.17) is 4.52 Å². The molecule has 4 rings (SSSR count). The average molecular weight is 337 g/mol. The molecule has 1 aliphatic rings. The average Bonchev–Trinajstić information content (AvgIpc) is 3.36. The van der Waals surface area contributed by atoms with Gasteiger partial charge in [-0.15, -0.1) is 0 Å². The maximum absolute atomic E-state index is 12.8. The smallest absolute Gasteiger partial charge is 0.255 e. The van der Waals surface area contributed by atoms with E-state index < -0.39 is 5.54 Å². The summed E-state index contributed by atoms with van der Waals surface area (Å²) in [7, 11) is 0. The van der Waals surface area contributed by atoms with Crippen LogP contribution in [-0.2, 0) is 5.54 Å². The summed E-state index contributed by atoms with van der Waals surface area (Å²) in [6.45, 7) is 1.75. The van der Waals surface area contributed by atoms with Crippen LogP contribution in [-0.4, -0.2) is 25.8 Å². The molecule has 0 saturated heterocycles. The molecule has 0 spiro atoms. The Bertz CT molecular complexity index is 878. The third-order valence-corrected chi connectivity index (χ3v) is 4.63. The van der Waals surface area contributed by atoms with E-state index in [9.17, 15) is 4.79 Å². The molecule has 0 unspecified atom stereocenters. The van der Waals surface area contributed by atoms with Gasteiger partial charge in [-0.2, -0.15) is 10.1 Å². The minimum absolute atomic E-state index is 0.175. The molecule has 0 bridgehead atoms. The van der Waals surface area contributed by atoms with Crippen molar-refractivity contribution in [1.29, 1.82) is 0 Å². The van der Waals surface area contributed by atoms with Gasteiger partial charge < -0.3 is 9.84 Å². The molecule has 1 amide bonds. The Hall–Kier alpha value is -2.96. The fourth-order valence-electron chi connectivity index (χ4n) is 3.33. The van der Waals surface area contributed by atoms with Crippen molar-refractivity contribution >= 4 is 5.91 Å². The summed E-state index contributed by atoms with van der Waals surface area (Å²) in [5, 5.41) is 11.5. The summed E-state index contributed by atoms with van der Waals surface area (Å²) in [4.78, 5) is 17.1. The number of hydrogen-bond donors (Lipinski definition) is 1. The van der Waals surface area contributed by atoms with Crippen LogP contribution in [0.15, 0.2) is 47.2 Å². The number of hydrogen-bond acceptors (Lipinski definition) is 5. The lowest BCUT2D eigenvalue weighted by Gasteiger charge is -2.26. The molecule has 0 aliphatic heterocycles. The SMILES string of the molecule is Cc1nc(C2(NC(=O)c3cnn(-c4ccccc4)c3)CCCC2)no1. The highest BCUT2D eigenvalue weighted by atomic mass is 16.5. The van der Waals surface area contributed by atoms with Crippen molar-refractivity contribution < 1.29 is 9.32 Å². The summed E-state index contributed by atoms with van der Waals surface area (Å²) in [5.74, 6) is 0.894. The standard InChI is InChI=1S/C18H19N5O2/c1-13-20-17(22-25-13)18(9-5-6-10-18)21-16(24)14-11-19-23(12-14)15-7-3-2-4-8-15/h2-4,7-8,11-12H,5-6,9-10H2,1H3,(H,21,24). The van der Waals surface area contributed by atoms with E-state index in [1.54, 1.807) is 24.0 Å². The zero-order valence-corrected chi connectivity index (χ0v) is 14.0. The Balaban J connectivity index is 1.58. The van der Waals surface area contributed by atoms with Crippen LogP contribution in [0, 0.1) is 6.92 Å². The van der Waals surface area contributed by atoms with Gasteiger partial charge in [0.15, 0.2) is 5.82 Å². The van der Waals surface area contributed by atoms with Crippen LogP contribution < -0.4 is 5.32 Å². The van der Waals surface area contributed by atoms with Crippen LogP contribution in [0.5, 0.6) is 0 Å². The van der Waals surface area contributed by atoms with Crippen molar-refractivity contribution in [3.05, 3.63) is 60.0 Å². The van der Waals surface area contributed by atoms with Gasteiger partial charge in [0.1, 0.15) is 5.54 Å². The first-order valence-corrected chi connectivity index (χ1v) is 8.40. The first-order valence-electron chi connectivity index (χ1n) is 8.40. The fraction of sp³-hybridized carbons (Fsp3) is 0.333. The topological polar surface area (TPSA) is 85.8 Å². The number of rotatable bonds is 4. The number of benzene rings is 1. The first-order chi connectivity index (χ1) is 12.2. The van der Waals surface area contributed by atoms with Gasteiger partial charge in [-0.25, -0.2) is 4.68 Å². The van der Waals surface area contributed by atoms with Crippen LogP contribution in [0.3, 0.4) is 0 Å². The van der Waals surface area contributed by atoms with Crippen molar-refractivity contribution in [3.63, 3.8) is 0 Å². The second-order valence-corrected chi connectivity index (χ2v) is 6.39. The number of amides is 1. The molecule has 7 nitrogen and oxygen atoms in total. The minimum atomic E-state index is -0.552. The Morgan fingerprint density at radius 1 is 1.24 bits per heavy atom. The fourth-order valence-corrected chi connectivity index (χ4v) is 3.33.